The van der Waals surface area contributed by atoms with E-state index in [0.717, 1.165) is 5.56 Å². The second kappa shape index (κ2) is 4.65. The zero-order valence-electron chi connectivity index (χ0n) is 9.47. The molecule has 0 saturated carbocycles. The average molecular weight is 227 g/mol. The number of aryl methyl sites for hydroxylation is 1. The van der Waals surface area contributed by atoms with Crippen molar-refractivity contribution in [2.24, 2.45) is 0 Å². The van der Waals surface area contributed by atoms with Crippen LogP contribution in [0.5, 0.6) is 0 Å². The first-order valence-electron chi connectivity index (χ1n) is 5.25. The lowest BCUT2D eigenvalue weighted by molar-refractivity contribution is 0.102. The first-order valence-corrected chi connectivity index (χ1v) is 5.25. The molecule has 1 amide bonds. The van der Waals surface area contributed by atoms with Gasteiger partial charge in [0.15, 0.2) is 0 Å². The third-order valence-electron chi connectivity index (χ3n) is 2.31. The standard InChI is InChI=1S/C13H13N3O/c1-9-3-2-4-10(7-9)13(17)16-12-6-5-11(14)8-15-12/h2-8H,14H2,1H3,(H,15,16,17). The molecule has 2 rings (SSSR count). The first kappa shape index (κ1) is 11.1. The van der Waals surface area contributed by atoms with Gasteiger partial charge in [0.05, 0.1) is 11.9 Å². The van der Waals surface area contributed by atoms with E-state index in [1.54, 1.807) is 18.2 Å². The van der Waals surface area contributed by atoms with Gasteiger partial charge in [-0.3, -0.25) is 4.79 Å². The predicted molar refractivity (Wildman–Crippen MR) is 67.8 cm³/mol. The van der Waals surface area contributed by atoms with Crippen LogP contribution in [0.15, 0.2) is 42.6 Å². The third kappa shape index (κ3) is 2.81. The Bertz CT molecular complexity index is 535. The zero-order valence-corrected chi connectivity index (χ0v) is 9.47. The van der Waals surface area contributed by atoms with Gasteiger partial charge in [-0.05, 0) is 31.2 Å². The van der Waals surface area contributed by atoms with E-state index in [0.29, 0.717) is 17.1 Å². The van der Waals surface area contributed by atoms with Crippen LogP contribution in [0.1, 0.15) is 15.9 Å². The predicted octanol–water partition coefficient (Wildman–Crippen LogP) is 2.22. The zero-order chi connectivity index (χ0) is 12.3. The van der Waals surface area contributed by atoms with Gasteiger partial charge in [0.1, 0.15) is 5.82 Å². The molecule has 0 spiro atoms. The number of hydrogen-bond donors (Lipinski definition) is 2. The maximum Gasteiger partial charge on any atom is 0.256 e. The molecule has 0 unspecified atom stereocenters. The van der Waals surface area contributed by atoms with E-state index in [9.17, 15) is 4.79 Å². The second-order valence-corrected chi connectivity index (χ2v) is 3.80. The minimum absolute atomic E-state index is 0.175. The molecule has 86 valence electrons. The lowest BCUT2D eigenvalue weighted by Gasteiger charge is -2.05. The minimum Gasteiger partial charge on any atom is -0.397 e. The van der Waals surface area contributed by atoms with Crippen molar-refractivity contribution in [3.63, 3.8) is 0 Å². The van der Waals surface area contributed by atoms with E-state index in [-0.39, 0.29) is 5.91 Å². The summed E-state index contributed by atoms with van der Waals surface area (Å²) in [5, 5.41) is 2.71. The van der Waals surface area contributed by atoms with Crippen LogP contribution in [0.4, 0.5) is 11.5 Å². The molecule has 0 atom stereocenters. The summed E-state index contributed by atoms with van der Waals surface area (Å²) in [6, 6.07) is 10.7. The van der Waals surface area contributed by atoms with Crippen molar-refractivity contribution in [3.8, 4) is 0 Å². The van der Waals surface area contributed by atoms with Crippen LogP contribution < -0.4 is 11.1 Å². The summed E-state index contributed by atoms with van der Waals surface area (Å²) in [5.41, 5.74) is 7.74. The van der Waals surface area contributed by atoms with Gasteiger partial charge in [-0.2, -0.15) is 0 Å². The van der Waals surface area contributed by atoms with Gasteiger partial charge in [0, 0.05) is 5.56 Å². The Morgan fingerprint density at radius 3 is 2.76 bits per heavy atom. The molecular weight excluding hydrogens is 214 g/mol. The SMILES string of the molecule is Cc1cccc(C(=O)Nc2ccc(N)cn2)c1. The highest BCUT2D eigenvalue weighted by molar-refractivity contribution is 6.03. The quantitative estimate of drug-likeness (QED) is 0.826. The molecule has 3 N–H and O–H groups in total. The van der Waals surface area contributed by atoms with Gasteiger partial charge < -0.3 is 11.1 Å². The number of rotatable bonds is 2. The molecule has 0 aliphatic carbocycles. The third-order valence-corrected chi connectivity index (χ3v) is 2.31. The monoisotopic (exact) mass is 227 g/mol. The minimum atomic E-state index is -0.175. The summed E-state index contributed by atoms with van der Waals surface area (Å²) in [5.74, 6) is 0.316. The van der Waals surface area contributed by atoms with Gasteiger partial charge in [-0.25, -0.2) is 4.98 Å². The summed E-state index contributed by atoms with van der Waals surface area (Å²) >= 11 is 0. The molecule has 1 heterocycles. The fourth-order valence-corrected chi connectivity index (χ4v) is 1.45. The van der Waals surface area contributed by atoms with Crippen molar-refractivity contribution < 1.29 is 4.79 Å². The van der Waals surface area contributed by atoms with Crippen LogP contribution in [0.3, 0.4) is 0 Å². The van der Waals surface area contributed by atoms with E-state index in [1.165, 1.54) is 6.20 Å². The number of aromatic nitrogens is 1. The number of nitrogens with zero attached hydrogens (tertiary/aromatic N) is 1. The number of benzene rings is 1. The van der Waals surface area contributed by atoms with Crippen LogP contribution in [0, 0.1) is 6.92 Å². The molecule has 0 radical (unpaired) electrons. The number of nitrogen functional groups attached to an aromatic ring is 1. The van der Waals surface area contributed by atoms with Crippen LogP contribution in [0.2, 0.25) is 0 Å². The molecule has 0 aliphatic rings. The number of pyridine rings is 1. The van der Waals surface area contributed by atoms with Crippen LogP contribution in [-0.2, 0) is 0 Å². The Labute approximate surface area is 99.5 Å². The van der Waals surface area contributed by atoms with Crippen molar-refractivity contribution in [1.82, 2.24) is 4.98 Å². The maximum atomic E-state index is 11.9. The Hall–Kier alpha value is -2.36. The highest BCUT2D eigenvalue weighted by Gasteiger charge is 2.06. The summed E-state index contributed by atoms with van der Waals surface area (Å²) in [6.45, 7) is 1.94. The van der Waals surface area contributed by atoms with E-state index in [1.807, 2.05) is 25.1 Å². The molecule has 4 heteroatoms. The molecule has 17 heavy (non-hydrogen) atoms. The lowest BCUT2D eigenvalue weighted by atomic mass is 10.1. The molecule has 4 nitrogen and oxygen atoms in total. The number of nitrogens with one attached hydrogen (secondary N) is 1. The molecule has 0 bridgehead atoms. The van der Waals surface area contributed by atoms with Crippen LogP contribution in [-0.4, -0.2) is 10.9 Å². The number of carbonyl (C=O) groups excluding carboxylic acids is 1. The average Bonchev–Trinajstić information content (AvgIpc) is 2.32. The highest BCUT2D eigenvalue weighted by Crippen LogP contribution is 2.09. The van der Waals surface area contributed by atoms with Gasteiger partial charge in [-0.1, -0.05) is 17.7 Å². The van der Waals surface area contributed by atoms with Crippen molar-refractivity contribution >= 4 is 17.4 Å². The summed E-state index contributed by atoms with van der Waals surface area (Å²) in [7, 11) is 0. The van der Waals surface area contributed by atoms with Crippen molar-refractivity contribution in [3.05, 3.63) is 53.7 Å². The topological polar surface area (TPSA) is 68.0 Å². The molecule has 0 aliphatic heterocycles. The maximum absolute atomic E-state index is 11.9. The molecule has 0 fully saturated rings. The van der Waals surface area contributed by atoms with E-state index < -0.39 is 0 Å². The largest absolute Gasteiger partial charge is 0.397 e. The number of nitrogens with two attached hydrogens (primary N) is 1. The fraction of sp³-hybridized carbons (Fsp3) is 0.0769. The molecular formula is C13H13N3O. The lowest BCUT2D eigenvalue weighted by Crippen LogP contribution is -2.12. The van der Waals surface area contributed by atoms with Gasteiger partial charge in [0.25, 0.3) is 5.91 Å². The van der Waals surface area contributed by atoms with Crippen molar-refractivity contribution in [1.29, 1.82) is 0 Å². The fourth-order valence-electron chi connectivity index (χ4n) is 1.45. The van der Waals surface area contributed by atoms with Gasteiger partial charge >= 0.3 is 0 Å². The highest BCUT2D eigenvalue weighted by atomic mass is 16.1. The van der Waals surface area contributed by atoms with Crippen molar-refractivity contribution in [2.75, 3.05) is 11.1 Å². The molecule has 2 aromatic rings. The molecule has 1 aromatic carbocycles. The van der Waals surface area contributed by atoms with Gasteiger partial charge in [0.2, 0.25) is 0 Å². The summed E-state index contributed by atoms with van der Waals surface area (Å²) in [4.78, 5) is 15.9. The van der Waals surface area contributed by atoms with Crippen molar-refractivity contribution in [2.45, 2.75) is 6.92 Å². The summed E-state index contributed by atoms with van der Waals surface area (Å²) < 4.78 is 0. The van der Waals surface area contributed by atoms with Gasteiger partial charge in [-0.15, -0.1) is 0 Å². The molecule has 0 saturated heterocycles. The molecule has 1 aromatic heterocycles. The van der Waals surface area contributed by atoms with Crippen LogP contribution >= 0.6 is 0 Å². The Kier molecular flexibility index (Phi) is 3.05. The normalized spacial score (nSPS) is 9.94. The van der Waals surface area contributed by atoms with Crippen LogP contribution in [0.25, 0.3) is 0 Å². The number of anilines is 2. The number of hydrogen-bond acceptors (Lipinski definition) is 3. The number of amides is 1. The second-order valence-electron chi connectivity index (χ2n) is 3.80. The Morgan fingerprint density at radius 1 is 1.29 bits per heavy atom. The summed E-state index contributed by atoms with van der Waals surface area (Å²) in [6.07, 6.45) is 1.51. The van der Waals surface area contributed by atoms with E-state index in [2.05, 4.69) is 10.3 Å². The Morgan fingerprint density at radius 2 is 2.12 bits per heavy atom. The first-order chi connectivity index (χ1) is 8.15. The van der Waals surface area contributed by atoms with E-state index >= 15 is 0 Å². The number of carbonyl (C=O) groups is 1. The smallest absolute Gasteiger partial charge is 0.256 e. The van der Waals surface area contributed by atoms with E-state index in [4.69, 9.17) is 5.73 Å². The Balaban J connectivity index is 2.14.